The van der Waals surface area contributed by atoms with Crippen LogP contribution in [0, 0.1) is 40.5 Å². The number of benzene rings is 4. The molecule has 0 spiro atoms. The van der Waals surface area contributed by atoms with Crippen LogP contribution in [0.15, 0.2) is 97.1 Å². The summed E-state index contributed by atoms with van der Waals surface area (Å²) < 4.78 is 0. The molecule has 0 fully saturated rings. The Morgan fingerprint density at radius 2 is 0.484 bits per heavy atom. The Hall–Kier alpha value is -2.28. The van der Waals surface area contributed by atoms with Crippen LogP contribution in [0.1, 0.15) is 44.5 Å². The molecule has 0 nitrogen and oxygen atoms in total. The molecule has 0 saturated carbocycles. The second-order valence-electron chi connectivity index (χ2n) is 7.93. The molecule has 1 radical (unpaired) electrons. The van der Waals surface area contributed by atoms with Crippen LogP contribution in [-0.4, -0.2) is 0 Å². The molecule has 0 unspecified atom stereocenters. The van der Waals surface area contributed by atoms with Gasteiger partial charge in [0.15, 0.2) is 0 Å². The molecule has 155 valence electrons. The first-order chi connectivity index (χ1) is 14.5. The number of rotatable bonds is 4. The Morgan fingerprint density at radius 1 is 0.323 bits per heavy atom. The standard InChI is InChI=1S/2C15H15.Y/c2*1-12-3-7-14(8-4-12)11-15-9-5-13(2)6-10-15;/h2*3-11H,1-2H3;/q2*-1;. The first-order valence-corrected chi connectivity index (χ1v) is 10.4. The molecule has 4 aromatic rings. The molecule has 0 heterocycles. The summed E-state index contributed by atoms with van der Waals surface area (Å²) in [6, 6.07) is 34.3. The van der Waals surface area contributed by atoms with Gasteiger partial charge in [0, 0.05) is 32.7 Å². The van der Waals surface area contributed by atoms with Crippen molar-refractivity contribution in [2.75, 3.05) is 0 Å². The first kappa shape index (κ1) is 25.0. The van der Waals surface area contributed by atoms with E-state index in [1.54, 1.807) is 0 Å². The quantitative estimate of drug-likeness (QED) is 0.262. The van der Waals surface area contributed by atoms with Gasteiger partial charge in [0.2, 0.25) is 0 Å². The van der Waals surface area contributed by atoms with Crippen molar-refractivity contribution in [1.29, 1.82) is 0 Å². The topological polar surface area (TPSA) is 0 Å². The van der Waals surface area contributed by atoms with Gasteiger partial charge in [-0.1, -0.05) is 70.8 Å². The zero-order chi connectivity index (χ0) is 21.3. The fourth-order valence-corrected chi connectivity index (χ4v) is 3.04. The molecule has 31 heavy (non-hydrogen) atoms. The Bertz CT molecular complexity index is 850. The van der Waals surface area contributed by atoms with Gasteiger partial charge in [-0.25, -0.2) is 0 Å². The molecule has 0 aliphatic rings. The third-order valence-electron chi connectivity index (χ3n) is 4.98. The molecule has 0 atom stereocenters. The van der Waals surface area contributed by atoms with Gasteiger partial charge in [-0.15, -0.1) is 83.6 Å². The minimum absolute atomic E-state index is 0. The third-order valence-corrected chi connectivity index (χ3v) is 4.98. The van der Waals surface area contributed by atoms with Crippen molar-refractivity contribution in [3.05, 3.63) is 154 Å². The van der Waals surface area contributed by atoms with Crippen LogP contribution in [0.4, 0.5) is 0 Å². The van der Waals surface area contributed by atoms with Crippen LogP contribution in [0.25, 0.3) is 0 Å². The largest absolute Gasteiger partial charge is 0.126 e. The molecule has 0 aromatic heterocycles. The Kier molecular flexibility index (Phi) is 10.1. The van der Waals surface area contributed by atoms with Crippen molar-refractivity contribution in [1.82, 2.24) is 0 Å². The molecular formula is C30H30Y-2. The van der Waals surface area contributed by atoms with E-state index >= 15 is 0 Å². The Morgan fingerprint density at radius 3 is 0.645 bits per heavy atom. The van der Waals surface area contributed by atoms with Crippen LogP contribution < -0.4 is 0 Å². The molecule has 0 N–H and O–H groups in total. The maximum Gasteiger partial charge on any atom is 0 e. The molecule has 1 heteroatoms. The fraction of sp³-hybridized carbons (Fsp3) is 0.133. The number of hydrogen-bond donors (Lipinski definition) is 0. The van der Waals surface area contributed by atoms with Crippen molar-refractivity contribution in [3.63, 3.8) is 0 Å². The molecular weight excluding hydrogens is 449 g/mol. The van der Waals surface area contributed by atoms with E-state index in [9.17, 15) is 0 Å². The van der Waals surface area contributed by atoms with E-state index in [-0.39, 0.29) is 32.7 Å². The van der Waals surface area contributed by atoms with Crippen LogP contribution in [-0.2, 0) is 32.7 Å². The maximum absolute atomic E-state index is 2.19. The minimum Gasteiger partial charge on any atom is -0.126 e. The molecule has 0 saturated heterocycles. The average molecular weight is 479 g/mol. The minimum atomic E-state index is 0. The van der Waals surface area contributed by atoms with Gasteiger partial charge in [-0.3, -0.25) is 0 Å². The maximum atomic E-state index is 2.19. The molecule has 4 rings (SSSR count). The monoisotopic (exact) mass is 479 g/mol. The van der Waals surface area contributed by atoms with E-state index in [1.165, 1.54) is 44.5 Å². The predicted molar refractivity (Wildman–Crippen MR) is 130 cm³/mol. The van der Waals surface area contributed by atoms with Crippen molar-refractivity contribution < 1.29 is 32.7 Å². The molecule has 0 aliphatic carbocycles. The zero-order valence-electron chi connectivity index (χ0n) is 19.0. The summed E-state index contributed by atoms with van der Waals surface area (Å²) in [7, 11) is 0. The summed E-state index contributed by atoms with van der Waals surface area (Å²) in [5.41, 5.74) is 10.2. The second-order valence-corrected chi connectivity index (χ2v) is 7.93. The van der Waals surface area contributed by atoms with Gasteiger partial charge in [0.1, 0.15) is 0 Å². The normalized spacial score (nSPS) is 9.68. The van der Waals surface area contributed by atoms with E-state index in [0.29, 0.717) is 0 Å². The van der Waals surface area contributed by atoms with Crippen molar-refractivity contribution in [2.45, 2.75) is 27.7 Å². The third kappa shape index (κ3) is 8.77. The van der Waals surface area contributed by atoms with Crippen LogP contribution in [0.3, 0.4) is 0 Å². The fourth-order valence-electron chi connectivity index (χ4n) is 3.04. The van der Waals surface area contributed by atoms with Gasteiger partial charge in [-0.2, -0.15) is 0 Å². The van der Waals surface area contributed by atoms with Crippen molar-refractivity contribution in [3.8, 4) is 0 Å². The number of hydrogen-bond acceptors (Lipinski definition) is 0. The summed E-state index contributed by atoms with van der Waals surface area (Å²) >= 11 is 0. The molecule has 0 amide bonds. The van der Waals surface area contributed by atoms with Crippen LogP contribution >= 0.6 is 0 Å². The predicted octanol–water partition coefficient (Wildman–Crippen LogP) is 7.81. The van der Waals surface area contributed by atoms with Crippen LogP contribution in [0.5, 0.6) is 0 Å². The number of aryl methyl sites for hydroxylation is 4. The van der Waals surface area contributed by atoms with Gasteiger partial charge < -0.3 is 0 Å². The van der Waals surface area contributed by atoms with E-state index in [4.69, 9.17) is 0 Å². The van der Waals surface area contributed by atoms with Gasteiger partial charge in [0.05, 0.1) is 0 Å². The molecule has 0 aliphatic heterocycles. The Labute approximate surface area is 213 Å². The van der Waals surface area contributed by atoms with Crippen molar-refractivity contribution >= 4 is 0 Å². The average Bonchev–Trinajstić information content (AvgIpc) is 2.75. The van der Waals surface area contributed by atoms with Gasteiger partial charge in [0.25, 0.3) is 0 Å². The van der Waals surface area contributed by atoms with E-state index in [0.717, 1.165) is 0 Å². The van der Waals surface area contributed by atoms with Crippen LogP contribution in [0.2, 0.25) is 0 Å². The summed E-state index contributed by atoms with van der Waals surface area (Å²) in [6.07, 6.45) is 4.39. The second kappa shape index (κ2) is 12.5. The summed E-state index contributed by atoms with van der Waals surface area (Å²) in [4.78, 5) is 0. The van der Waals surface area contributed by atoms with Gasteiger partial charge >= 0.3 is 0 Å². The first-order valence-electron chi connectivity index (χ1n) is 10.4. The smallest absolute Gasteiger partial charge is 0 e. The van der Waals surface area contributed by atoms with Crippen molar-refractivity contribution in [2.24, 2.45) is 0 Å². The van der Waals surface area contributed by atoms with E-state index in [2.05, 4.69) is 138 Å². The Balaban J connectivity index is 0.000000213. The SMILES string of the molecule is Cc1ccc([CH-]c2ccc(C)cc2)cc1.Cc1ccc([CH-]c2ccc(C)cc2)cc1.[Y]. The molecule has 0 bridgehead atoms. The van der Waals surface area contributed by atoms with Gasteiger partial charge in [-0.05, 0) is 27.7 Å². The summed E-state index contributed by atoms with van der Waals surface area (Å²) in [5, 5.41) is 0. The zero-order valence-corrected chi connectivity index (χ0v) is 21.8. The van der Waals surface area contributed by atoms with E-state index in [1.807, 2.05) is 0 Å². The molecule has 4 aromatic carbocycles. The summed E-state index contributed by atoms with van der Waals surface area (Å²) in [6.45, 7) is 8.43. The summed E-state index contributed by atoms with van der Waals surface area (Å²) in [5.74, 6) is 0. The van der Waals surface area contributed by atoms with E-state index < -0.39 is 0 Å².